The van der Waals surface area contributed by atoms with Crippen molar-refractivity contribution in [3.05, 3.63) is 42.7 Å². The fourth-order valence-corrected chi connectivity index (χ4v) is 3.22. The standard InChI is InChI=1S/C19H20N4O2/c24-19(21-14-4-2-1-3-5-14)22-15-6-7-16-17(12-15)25-18(23-16)13-8-10-20-11-9-13/h6-12,14H,1-5H2,(H2,21,22,24). The summed E-state index contributed by atoms with van der Waals surface area (Å²) >= 11 is 0. The van der Waals surface area contributed by atoms with Gasteiger partial charge in [0.2, 0.25) is 5.89 Å². The molecule has 0 atom stereocenters. The number of fused-ring (bicyclic) bond motifs is 1. The van der Waals surface area contributed by atoms with E-state index in [4.69, 9.17) is 4.42 Å². The second-order valence-electron chi connectivity index (χ2n) is 6.37. The number of carbonyl (C=O) groups is 1. The highest BCUT2D eigenvalue weighted by atomic mass is 16.3. The second-order valence-corrected chi connectivity index (χ2v) is 6.37. The third kappa shape index (κ3) is 3.63. The van der Waals surface area contributed by atoms with Gasteiger partial charge in [-0.15, -0.1) is 0 Å². The van der Waals surface area contributed by atoms with E-state index in [2.05, 4.69) is 20.6 Å². The maximum absolute atomic E-state index is 12.2. The molecule has 2 aromatic heterocycles. The quantitative estimate of drug-likeness (QED) is 0.745. The first-order chi connectivity index (χ1) is 12.3. The number of hydrogen-bond donors (Lipinski definition) is 2. The second kappa shape index (κ2) is 6.93. The van der Waals surface area contributed by atoms with E-state index in [-0.39, 0.29) is 12.1 Å². The van der Waals surface area contributed by atoms with Crippen molar-refractivity contribution in [1.29, 1.82) is 0 Å². The zero-order chi connectivity index (χ0) is 17.1. The summed E-state index contributed by atoms with van der Waals surface area (Å²) in [5.74, 6) is 0.543. The summed E-state index contributed by atoms with van der Waals surface area (Å²) in [6, 6.07) is 9.29. The van der Waals surface area contributed by atoms with Crippen LogP contribution in [0.4, 0.5) is 10.5 Å². The molecule has 0 radical (unpaired) electrons. The van der Waals surface area contributed by atoms with Crippen LogP contribution in [-0.2, 0) is 0 Å². The molecule has 128 valence electrons. The Hall–Kier alpha value is -2.89. The van der Waals surface area contributed by atoms with Crippen molar-refractivity contribution in [2.75, 3.05) is 5.32 Å². The van der Waals surface area contributed by atoms with Crippen LogP contribution in [0.25, 0.3) is 22.6 Å². The number of oxazole rings is 1. The van der Waals surface area contributed by atoms with Gasteiger partial charge in [-0.2, -0.15) is 0 Å². The first-order valence-corrected chi connectivity index (χ1v) is 8.66. The van der Waals surface area contributed by atoms with E-state index in [0.717, 1.165) is 23.9 Å². The molecule has 0 unspecified atom stereocenters. The van der Waals surface area contributed by atoms with Gasteiger partial charge in [0, 0.05) is 35.8 Å². The summed E-state index contributed by atoms with van der Waals surface area (Å²) < 4.78 is 5.82. The normalized spacial score (nSPS) is 15.2. The van der Waals surface area contributed by atoms with Gasteiger partial charge in [-0.05, 0) is 37.1 Å². The van der Waals surface area contributed by atoms with Gasteiger partial charge in [0.05, 0.1) is 0 Å². The lowest BCUT2D eigenvalue weighted by molar-refractivity contribution is 0.244. The highest BCUT2D eigenvalue weighted by Gasteiger charge is 2.16. The van der Waals surface area contributed by atoms with Crippen molar-refractivity contribution in [3.63, 3.8) is 0 Å². The number of aromatic nitrogens is 2. The Morgan fingerprint density at radius 1 is 1.08 bits per heavy atom. The van der Waals surface area contributed by atoms with Crippen molar-refractivity contribution in [1.82, 2.24) is 15.3 Å². The number of pyridine rings is 1. The predicted octanol–water partition coefficient (Wildman–Crippen LogP) is 4.34. The topological polar surface area (TPSA) is 80.1 Å². The van der Waals surface area contributed by atoms with Crippen LogP contribution < -0.4 is 10.6 Å². The number of anilines is 1. The van der Waals surface area contributed by atoms with Crippen LogP contribution in [-0.4, -0.2) is 22.0 Å². The lowest BCUT2D eigenvalue weighted by Gasteiger charge is -2.22. The fourth-order valence-electron chi connectivity index (χ4n) is 3.22. The smallest absolute Gasteiger partial charge is 0.319 e. The number of rotatable bonds is 3. The van der Waals surface area contributed by atoms with E-state index >= 15 is 0 Å². The van der Waals surface area contributed by atoms with Gasteiger partial charge < -0.3 is 15.1 Å². The maximum Gasteiger partial charge on any atom is 0.319 e. The van der Waals surface area contributed by atoms with E-state index in [9.17, 15) is 4.79 Å². The molecule has 6 nitrogen and oxygen atoms in total. The summed E-state index contributed by atoms with van der Waals surface area (Å²) in [5.41, 5.74) is 2.96. The minimum atomic E-state index is -0.167. The van der Waals surface area contributed by atoms with E-state index in [1.165, 1.54) is 19.3 Å². The molecule has 2 heterocycles. The number of hydrogen-bond acceptors (Lipinski definition) is 4. The van der Waals surface area contributed by atoms with Crippen LogP contribution in [0.2, 0.25) is 0 Å². The number of urea groups is 1. The number of benzene rings is 1. The number of nitrogens with zero attached hydrogens (tertiary/aromatic N) is 2. The molecule has 0 saturated heterocycles. The monoisotopic (exact) mass is 336 g/mol. The minimum absolute atomic E-state index is 0.167. The van der Waals surface area contributed by atoms with Crippen molar-refractivity contribution in [2.24, 2.45) is 0 Å². The molecule has 25 heavy (non-hydrogen) atoms. The van der Waals surface area contributed by atoms with Crippen molar-refractivity contribution in [3.8, 4) is 11.5 Å². The molecule has 1 aromatic carbocycles. The number of amides is 2. The lowest BCUT2D eigenvalue weighted by Crippen LogP contribution is -2.38. The van der Waals surface area contributed by atoms with Crippen LogP contribution in [0.15, 0.2) is 47.1 Å². The zero-order valence-electron chi connectivity index (χ0n) is 13.9. The van der Waals surface area contributed by atoms with Crippen molar-refractivity contribution < 1.29 is 9.21 Å². The Labute approximate surface area is 145 Å². The first-order valence-electron chi connectivity index (χ1n) is 8.66. The third-order valence-corrected chi connectivity index (χ3v) is 4.51. The highest BCUT2D eigenvalue weighted by Crippen LogP contribution is 2.26. The van der Waals surface area contributed by atoms with Gasteiger partial charge in [-0.1, -0.05) is 19.3 Å². The first kappa shape index (κ1) is 15.6. The van der Waals surface area contributed by atoms with Gasteiger partial charge in [-0.25, -0.2) is 9.78 Å². The van der Waals surface area contributed by atoms with E-state index < -0.39 is 0 Å². The van der Waals surface area contributed by atoms with Crippen molar-refractivity contribution in [2.45, 2.75) is 38.1 Å². The van der Waals surface area contributed by atoms with Crippen LogP contribution in [0.5, 0.6) is 0 Å². The SMILES string of the molecule is O=C(Nc1ccc2nc(-c3ccncc3)oc2c1)NC1CCCCC1. The van der Waals surface area contributed by atoms with Crippen LogP contribution in [0.3, 0.4) is 0 Å². The molecule has 2 amide bonds. The molecule has 1 saturated carbocycles. The molecule has 3 aromatic rings. The Balaban J connectivity index is 1.48. The van der Waals surface area contributed by atoms with Gasteiger partial charge in [-0.3, -0.25) is 4.98 Å². The van der Waals surface area contributed by atoms with Crippen LogP contribution in [0, 0.1) is 0 Å². The lowest BCUT2D eigenvalue weighted by atomic mass is 9.96. The average molecular weight is 336 g/mol. The van der Waals surface area contributed by atoms with E-state index in [1.807, 2.05) is 24.3 Å². The molecule has 1 fully saturated rings. The van der Waals surface area contributed by atoms with E-state index in [0.29, 0.717) is 17.2 Å². The Kier molecular flexibility index (Phi) is 4.33. The van der Waals surface area contributed by atoms with Crippen LogP contribution in [0.1, 0.15) is 32.1 Å². The van der Waals surface area contributed by atoms with Gasteiger partial charge >= 0.3 is 6.03 Å². The zero-order valence-corrected chi connectivity index (χ0v) is 13.9. The molecule has 6 heteroatoms. The number of nitrogens with one attached hydrogen (secondary N) is 2. The maximum atomic E-state index is 12.2. The fraction of sp³-hybridized carbons (Fsp3) is 0.316. The van der Waals surface area contributed by atoms with E-state index in [1.54, 1.807) is 18.5 Å². The molecule has 2 N–H and O–H groups in total. The largest absolute Gasteiger partial charge is 0.436 e. The molecule has 0 bridgehead atoms. The Bertz CT molecular complexity index is 870. The Morgan fingerprint density at radius 3 is 2.68 bits per heavy atom. The molecule has 4 rings (SSSR count). The summed E-state index contributed by atoms with van der Waals surface area (Å²) in [5, 5.41) is 5.93. The van der Waals surface area contributed by atoms with Gasteiger partial charge in [0.25, 0.3) is 0 Å². The van der Waals surface area contributed by atoms with Crippen LogP contribution >= 0.6 is 0 Å². The predicted molar refractivity (Wildman–Crippen MR) is 96.3 cm³/mol. The highest BCUT2D eigenvalue weighted by molar-refractivity contribution is 5.92. The summed E-state index contributed by atoms with van der Waals surface area (Å²) in [4.78, 5) is 20.6. The molecule has 0 aliphatic heterocycles. The average Bonchev–Trinajstić information content (AvgIpc) is 3.06. The van der Waals surface area contributed by atoms with Crippen molar-refractivity contribution >= 4 is 22.8 Å². The van der Waals surface area contributed by atoms with Gasteiger partial charge in [0.15, 0.2) is 5.58 Å². The molecule has 0 spiro atoms. The summed E-state index contributed by atoms with van der Waals surface area (Å²) in [7, 11) is 0. The van der Waals surface area contributed by atoms with Gasteiger partial charge in [0.1, 0.15) is 5.52 Å². The molecule has 1 aliphatic carbocycles. The molecular weight excluding hydrogens is 316 g/mol. The summed E-state index contributed by atoms with van der Waals surface area (Å²) in [6.45, 7) is 0. The molecular formula is C19H20N4O2. The number of carbonyl (C=O) groups excluding carboxylic acids is 1. The molecule has 1 aliphatic rings. The minimum Gasteiger partial charge on any atom is -0.436 e. The Morgan fingerprint density at radius 2 is 1.88 bits per heavy atom. The third-order valence-electron chi connectivity index (χ3n) is 4.51. The summed E-state index contributed by atoms with van der Waals surface area (Å²) in [6.07, 6.45) is 9.16.